The minimum Gasteiger partial charge on any atom is -0.371 e. The molecule has 0 spiro atoms. The summed E-state index contributed by atoms with van der Waals surface area (Å²) in [7, 11) is 0. The molecule has 0 atom stereocenters. The van der Waals surface area contributed by atoms with E-state index in [-0.39, 0.29) is 0 Å². The van der Waals surface area contributed by atoms with E-state index in [9.17, 15) is 0 Å². The van der Waals surface area contributed by atoms with Crippen molar-refractivity contribution in [3.8, 4) is 12.1 Å². The molecule has 3 heteroatoms. The molecule has 1 heterocycles. The SMILES string of the molecule is CCCC1CN(c2ccc(C#N)c(C#N)c2)C1. The van der Waals surface area contributed by atoms with Gasteiger partial charge in [0.05, 0.1) is 11.1 Å². The van der Waals surface area contributed by atoms with Crippen LogP contribution in [0.25, 0.3) is 0 Å². The molecule has 1 aliphatic heterocycles. The Morgan fingerprint density at radius 2 is 1.94 bits per heavy atom. The highest BCUT2D eigenvalue weighted by Crippen LogP contribution is 2.28. The molecule has 3 nitrogen and oxygen atoms in total. The highest BCUT2D eigenvalue weighted by atomic mass is 15.2. The Balaban J connectivity index is 2.10. The predicted octanol–water partition coefficient (Wildman–Crippen LogP) is 2.67. The predicted molar refractivity (Wildman–Crippen MR) is 66.5 cm³/mol. The van der Waals surface area contributed by atoms with Gasteiger partial charge in [-0.15, -0.1) is 0 Å². The van der Waals surface area contributed by atoms with Gasteiger partial charge in [-0.25, -0.2) is 0 Å². The van der Waals surface area contributed by atoms with Gasteiger partial charge in [0.1, 0.15) is 12.1 Å². The topological polar surface area (TPSA) is 50.8 Å². The van der Waals surface area contributed by atoms with Crippen LogP contribution in [0.5, 0.6) is 0 Å². The highest BCUT2D eigenvalue weighted by Gasteiger charge is 2.26. The number of hydrogen-bond acceptors (Lipinski definition) is 3. The molecule has 1 saturated heterocycles. The number of nitrogens with zero attached hydrogens (tertiary/aromatic N) is 3. The minimum atomic E-state index is 0.460. The van der Waals surface area contributed by atoms with Crippen LogP contribution in [0.2, 0.25) is 0 Å². The smallest absolute Gasteiger partial charge is 0.101 e. The lowest BCUT2D eigenvalue weighted by Gasteiger charge is -2.41. The minimum absolute atomic E-state index is 0.460. The standard InChI is InChI=1S/C14H15N3/c1-2-3-11-9-17(10-11)14-5-4-12(7-15)13(6-14)8-16/h4-6,11H,2-3,9-10H2,1H3. The summed E-state index contributed by atoms with van der Waals surface area (Å²) in [6, 6.07) is 9.60. The maximum Gasteiger partial charge on any atom is 0.101 e. The largest absolute Gasteiger partial charge is 0.371 e. The van der Waals surface area contributed by atoms with Crippen molar-refractivity contribution in [1.29, 1.82) is 10.5 Å². The lowest BCUT2D eigenvalue weighted by atomic mass is 9.94. The Morgan fingerprint density at radius 1 is 1.24 bits per heavy atom. The van der Waals surface area contributed by atoms with Crippen molar-refractivity contribution >= 4 is 5.69 Å². The second-order valence-corrected chi connectivity index (χ2v) is 4.51. The highest BCUT2D eigenvalue weighted by molar-refractivity contribution is 5.58. The Bertz CT molecular complexity index is 487. The molecular formula is C14H15N3. The quantitative estimate of drug-likeness (QED) is 0.794. The van der Waals surface area contributed by atoms with Crippen molar-refractivity contribution in [3.63, 3.8) is 0 Å². The fraction of sp³-hybridized carbons (Fsp3) is 0.429. The first-order valence-corrected chi connectivity index (χ1v) is 5.97. The van der Waals surface area contributed by atoms with Crippen LogP contribution in [0.1, 0.15) is 30.9 Å². The van der Waals surface area contributed by atoms with Gasteiger partial charge in [-0.2, -0.15) is 10.5 Å². The second kappa shape index (κ2) is 4.89. The molecule has 2 rings (SSSR count). The molecule has 0 aliphatic carbocycles. The number of rotatable bonds is 3. The van der Waals surface area contributed by atoms with E-state index in [1.807, 2.05) is 18.2 Å². The maximum absolute atomic E-state index is 8.96. The third kappa shape index (κ3) is 2.24. The van der Waals surface area contributed by atoms with Crippen LogP contribution in [-0.2, 0) is 0 Å². The van der Waals surface area contributed by atoms with Gasteiger partial charge in [-0.1, -0.05) is 13.3 Å². The molecule has 0 radical (unpaired) electrons. The average molecular weight is 225 g/mol. The summed E-state index contributed by atoms with van der Waals surface area (Å²) < 4.78 is 0. The van der Waals surface area contributed by atoms with Crippen LogP contribution < -0.4 is 4.90 Å². The van der Waals surface area contributed by atoms with Gasteiger partial charge in [0.15, 0.2) is 0 Å². The molecule has 0 unspecified atom stereocenters. The summed E-state index contributed by atoms with van der Waals surface area (Å²) in [5.41, 5.74) is 2.00. The molecule has 1 fully saturated rings. The Kier molecular flexibility index (Phi) is 3.30. The van der Waals surface area contributed by atoms with Crippen LogP contribution in [0.15, 0.2) is 18.2 Å². The van der Waals surface area contributed by atoms with Crippen LogP contribution in [0.3, 0.4) is 0 Å². The first kappa shape index (κ1) is 11.5. The van der Waals surface area contributed by atoms with Crippen molar-refractivity contribution in [1.82, 2.24) is 0 Å². The third-order valence-electron chi connectivity index (χ3n) is 3.26. The molecule has 1 aromatic rings. The lowest BCUT2D eigenvalue weighted by Crippen LogP contribution is -2.46. The first-order chi connectivity index (χ1) is 8.28. The van der Waals surface area contributed by atoms with E-state index in [0.29, 0.717) is 11.1 Å². The van der Waals surface area contributed by atoms with E-state index in [0.717, 1.165) is 24.7 Å². The zero-order chi connectivity index (χ0) is 12.3. The van der Waals surface area contributed by atoms with E-state index in [2.05, 4.69) is 17.9 Å². The zero-order valence-corrected chi connectivity index (χ0v) is 9.98. The number of anilines is 1. The Labute approximate surface area is 102 Å². The third-order valence-corrected chi connectivity index (χ3v) is 3.26. The summed E-state index contributed by atoms with van der Waals surface area (Å²) in [4.78, 5) is 2.27. The van der Waals surface area contributed by atoms with Gasteiger partial charge in [0.2, 0.25) is 0 Å². The molecular weight excluding hydrogens is 210 g/mol. The molecule has 86 valence electrons. The van der Waals surface area contributed by atoms with Crippen molar-refractivity contribution in [3.05, 3.63) is 29.3 Å². The monoisotopic (exact) mass is 225 g/mol. The molecule has 0 bridgehead atoms. The Morgan fingerprint density at radius 3 is 2.53 bits per heavy atom. The summed E-state index contributed by atoms with van der Waals surface area (Å²) >= 11 is 0. The lowest BCUT2D eigenvalue weighted by molar-refractivity contribution is 0.380. The molecule has 0 N–H and O–H groups in total. The Hall–Kier alpha value is -2.00. The van der Waals surface area contributed by atoms with Gasteiger partial charge in [-0.05, 0) is 30.5 Å². The average Bonchev–Trinajstić information content (AvgIpc) is 2.32. The number of nitriles is 2. The van der Waals surface area contributed by atoms with Crippen LogP contribution >= 0.6 is 0 Å². The van der Waals surface area contributed by atoms with Crippen molar-refractivity contribution < 1.29 is 0 Å². The van der Waals surface area contributed by atoms with E-state index in [1.54, 1.807) is 6.07 Å². The molecule has 17 heavy (non-hydrogen) atoms. The van der Waals surface area contributed by atoms with Crippen molar-refractivity contribution in [2.24, 2.45) is 5.92 Å². The van der Waals surface area contributed by atoms with E-state index in [4.69, 9.17) is 10.5 Å². The van der Waals surface area contributed by atoms with E-state index < -0.39 is 0 Å². The van der Waals surface area contributed by atoms with Crippen LogP contribution in [0, 0.1) is 28.6 Å². The molecule has 0 saturated carbocycles. The van der Waals surface area contributed by atoms with Crippen molar-refractivity contribution in [2.45, 2.75) is 19.8 Å². The van der Waals surface area contributed by atoms with Gasteiger partial charge in [0, 0.05) is 18.8 Å². The van der Waals surface area contributed by atoms with Gasteiger partial charge < -0.3 is 4.90 Å². The molecule has 1 aliphatic rings. The summed E-state index contributed by atoms with van der Waals surface area (Å²) in [5.74, 6) is 0.793. The maximum atomic E-state index is 8.96. The van der Waals surface area contributed by atoms with Crippen LogP contribution in [-0.4, -0.2) is 13.1 Å². The van der Waals surface area contributed by atoms with E-state index in [1.165, 1.54) is 12.8 Å². The molecule has 0 aromatic heterocycles. The fourth-order valence-electron chi connectivity index (χ4n) is 2.29. The van der Waals surface area contributed by atoms with Gasteiger partial charge in [-0.3, -0.25) is 0 Å². The van der Waals surface area contributed by atoms with Crippen LogP contribution in [0.4, 0.5) is 5.69 Å². The fourth-order valence-corrected chi connectivity index (χ4v) is 2.29. The van der Waals surface area contributed by atoms with Crippen molar-refractivity contribution in [2.75, 3.05) is 18.0 Å². The summed E-state index contributed by atoms with van der Waals surface area (Å²) in [6.07, 6.45) is 2.51. The summed E-state index contributed by atoms with van der Waals surface area (Å²) in [6.45, 7) is 4.35. The zero-order valence-electron chi connectivity index (χ0n) is 9.98. The number of benzene rings is 1. The second-order valence-electron chi connectivity index (χ2n) is 4.51. The van der Waals surface area contributed by atoms with Gasteiger partial charge in [0.25, 0.3) is 0 Å². The molecule has 0 amide bonds. The van der Waals surface area contributed by atoms with E-state index >= 15 is 0 Å². The number of hydrogen-bond donors (Lipinski definition) is 0. The first-order valence-electron chi connectivity index (χ1n) is 5.97. The summed E-state index contributed by atoms with van der Waals surface area (Å²) in [5, 5.41) is 17.8. The van der Waals surface area contributed by atoms with Gasteiger partial charge >= 0.3 is 0 Å². The normalized spacial score (nSPS) is 14.9. The molecule has 1 aromatic carbocycles.